The van der Waals surface area contributed by atoms with Gasteiger partial charge >= 0.3 is 6.03 Å². The SMILES string of the molecule is O=C1NC[C@H](c2cc(Cl)cc(Br)c2)N1. The molecule has 5 heteroatoms. The van der Waals surface area contributed by atoms with E-state index in [1.807, 2.05) is 18.2 Å². The average molecular weight is 276 g/mol. The number of hydrogen-bond donors (Lipinski definition) is 2. The zero-order valence-electron chi connectivity index (χ0n) is 7.18. The van der Waals surface area contributed by atoms with Crippen molar-refractivity contribution in [3.05, 3.63) is 33.3 Å². The molecule has 74 valence electrons. The van der Waals surface area contributed by atoms with E-state index in [0.29, 0.717) is 11.6 Å². The second-order valence-corrected chi connectivity index (χ2v) is 4.46. The average Bonchev–Trinajstić information content (AvgIpc) is 2.50. The van der Waals surface area contributed by atoms with E-state index in [0.717, 1.165) is 10.0 Å². The second-order valence-electron chi connectivity index (χ2n) is 3.11. The van der Waals surface area contributed by atoms with Crippen molar-refractivity contribution in [2.24, 2.45) is 0 Å². The van der Waals surface area contributed by atoms with Crippen molar-refractivity contribution in [1.29, 1.82) is 0 Å². The first-order valence-corrected chi connectivity index (χ1v) is 5.32. The minimum atomic E-state index is -0.133. The van der Waals surface area contributed by atoms with E-state index in [4.69, 9.17) is 11.6 Å². The van der Waals surface area contributed by atoms with E-state index in [2.05, 4.69) is 26.6 Å². The van der Waals surface area contributed by atoms with Crippen LogP contribution >= 0.6 is 27.5 Å². The van der Waals surface area contributed by atoms with Crippen LogP contribution in [-0.2, 0) is 0 Å². The van der Waals surface area contributed by atoms with Crippen LogP contribution in [0.25, 0.3) is 0 Å². The third-order valence-corrected chi connectivity index (χ3v) is 2.74. The fourth-order valence-corrected chi connectivity index (χ4v) is 2.32. The van der Waals surface area contributed by atoms with Crippen LogP contribution in [0.1, 0.15) is 11.6 Å². The Morgan fingerprint density at radius 2 is 2.21 bits per heavy atom. The highest BCUT2D eigenvalue weighted by atomic mass is 79.9. The molecule has 1 aromatic carbocycles. The number of amides is 2. The molecule has 1 aliphatic rings. The number of urea groups is 1. The molecule has 0 bridgehead atoms. The molecule has 0 spiro atoms. The lowest BCUT2D eigenvalue weighted by molar-refractivity contribution is 0.247. The van der Waals surface area contributed by atoms with Crippen molar-refractivity contribution in [3.63, 3.8) is 0 Å². The number of nitrogens with one attached hydrogen (secondary N) is 2. The van der Waals surface area contributed by atoms with Gasteiger partial charge in [-0.05, 0) is 23.8 Å². The summed E-state index contributed by atoms with van der Waals surface area (Å²) in [5.41, 5.74) is 1.00. The van der Waals surface area contributed by atoms with Crippen LogP contribution in [0.5, 0.6) is 0 Å². The molecule has 2 N–H and O–H groups in total. The van der Waals surface area contributed by atoms with Gasteiger partial charge in [-0.3, -0.25) is 0 Å². The summed E-state index contributed by atoms with van der Waals surface area (Å²) in [7, 11) is 0. The Hall–Kier alpha value is -0.740. The molecule has 1 fully saturated rings. The first-order chi connectivity index (χ1) is 6.65. The molecule has 14 heavy (non-hydrogen) atoms. The van der Waals surface area contributed by atoms with Gasteiger partial charge in [0.15, 0.2) is 0 Å². The monoisotopic (exact) mass is 274 g/mol. The summed E-state index contributed by atoms with van der Waals surface area (Å²) >= 11 is 9.26. The van der Waals surface area contributed by atoms with Crippen molar-refractivity contribution in [1.82, 2.24) is 10.6 Å². The highest BCUT2D eigenvalue weighted by Gasteiger charge is 2.21. The van der Waals surface area contributed by atoms with Gasteiger partial charge in [0.2, 0.25) is 0 Å². The molecule has 1 heterocycles. The van der Waals surface area contributed by atoms with Crippen molar-refractivity contribution < 1.29 is 4.79 Å². The smallest absolute Gasteiger partial charge is 0.315 e. The van der Waals surface area contributed by atoms with Crippen LogP contribution < -0.4 is 10.6 Å². The van der Waals surface area contributed by atoms with Crippen LogP contribution in [-0.4, -0.2) is 12.6 Å². The van der Waals surface area contributed by atoms with Gasteiger partial charge in [-0.15, -0.1) is 0 Å². The zero-order chi connectivity index (χ0) is 10.1. The van der Waals surface area contributed by atoms with E-state index in [1.54, 1.807) is 0 Å². The minimum Gasteiger partial charge on any atom is -0.336 e. The molecule has 2 rings (SSSR count). The van der Waals surface area contributed by atoms with Crippen LogP contribution in [0, 0.1) is 0 Å². The summed E-state index contributed by atoms with van der Waals surface area (Å²) < 4.78 is 0.918. The molecule has 1 atom stereocenters. The summed E-state index contributed by atoms with van der Waals surface area (Å²) in [6.45, 7) is 0.603. The Labute approximate surface area is 95.0 Å². The first-order valence-electron chi connectivity index (χ1n) is 4.15. The summed E-state index contributed by atoms with van der Waals surface area (Å²) in [4.78, 5) is 10.9. The predicted octanol–water partition coefficient (Wildman–Crippen LogP) is 2.46. The van der Waals surface area contributed by atoms with Crippen LogP contribution in [0.15, 0.2) is 22.7 Å². The Bertz CT molecular complexity index is 363. The van der Waals surface area contributed by atoms with E-state index in [1.165, 1.54) is 0 Å². The largest absolute Gasteiger partial charge is 0.336 e. The predicted molar refractivity (Wildman–Crippen MR) is 58.4 cm³/mol. The van der Waals surface area contributed by atoms with Gasteiger partial charge in [0, 0.05) is 16.0 Å². The standard InChI is InChI=1S/C9H8BrClN2O/c10-6-1-5(2-7(11)3-6)8-4-12-9(14)13-8/h1-3,8H,4H2,(H2,12,13,14)/t8-/m1/s1. The van der Waals surface area contributed by atoms with Gasteiger partial charge in [0.1, 0.15) is 0 Å². The number of benzene rings is 1. The first kappa shape index (κ1) is 9.80. The summed E-state index contributed by atoms with van der Waals surface area (Å²) in [5, 5.41) is 6.16. The maximum atomic E-state index is 10.9. The Kier molecular flexibility index (Phi) is 2.65. The summed E-state index contributed by atoms with van der Waals surface area (Å²) in [6.07, 6.45) is 0. The maximum Gasteiger partial charge on any atom is 0.315 e. The van der Waals surface area contributed by atoms with E-state index < -0.39 is 0 Å². The number of hydrogen-bond acceptors (Lipinski definition) is 1. The highest BCUT2D eigenvalue weighted by Crippen LogP contribution is 2.24. The summed E-state index contributed by atoms with van der Waals surface area (Å²) in [5.74, 6) is 0. The van der Waals surface area contributed by atoms with Crippen LogP contribution in [0.4, 0.5) is 4.79 Å². The van der Waals surface area contributed by atoms with Gasteiger partial charge < -0.3 is 10.6 Å². The molecule has 0 saturated carbocycles. The van der Waals surface area contributed by atoms with Gasteiger partial charge in [-0.1, -0.05) is 27.5 Å². The molecule has 0 unspecified atom stereocenters. The number of carbonyl (C=O) groups is 1. The molecule has 1 aromatic rings. The van der Waals surface area contributed by atoms with Crippen molar-refractivity contribution in [2.45, 2.75) is 6.04 Å². The molecule has 0 aromatic heterocycles. The van der Waals surface area contributed by atoms with E-state index >= 15 is 0 Å². The zero-order valence-corrected chi connectivity index (χ0v) is 9.52. The second kappa shape index (κ2) is 3.79. The van der Waals surface area contributed by atoms with Gasteiger partial charge in [0.25, 0.3) is 0 Å². The van der Waals surface area contributed by atoms with E-state index in [9.17, 15) is 4.79 Å². The maximum absolute atomic E-state index is 10.9. The fourth-order valence-electron chi connectivity index (χ4n) is 1.43. The topological polar surface area (TPSA) is 41.1 Å². The normalized spacial score (nSPS) is 20.4. The van der Waals surface area contributed by atoms with Gasteiger partial charge in [0.05, 0.1) is 6.04 Å². The Morgan fingerprint density at radius 1 is 1.43 bits per heavy atom. The lowest BCUT2D eigenvalue weighted by Crippen LogP contribution is -2.21. The van der Waals surface area contributed by atoms with Gasteiger partial charge in [-0.25, -0.2) is 4.79 Å². The quantitative estimate of drug-likeness (QED) is 0.812. The lowest BCUT2D eigenvalue weighted by atomic mass is 10.1. The molecule has 0 radical (unpaired) electrons. The molecular formula is C9H8BrClN2O. The fraction of sp³-hybridized carbons (Fsp3) is 0.222. The summed E-state index contributed by atoms with van der Waals surface area (Å²) in [6, 6.07) is 5.49. The van der Waals surface area contributed by atoms with Crippen molar-refractivity contribution >= 4 is 33.6 Å². The number of rotatable bonds is 1. The lowest BCUT2D eigenvalue weighted by Gasteiger charge is -2.09. The molecular weight excluding hydrogens is 267 g/mol. The van der Waals surface area contributed by atoms with Crippen molar-refractivity contribution in [3.8, 4) is 0 Å². The minimum absolute atomic E-state index is 0.0116. The highest BCUT2D eigenvalue weighted by molar-refractivity contribution is 9.10. The third kappa shape index (κ3) is 2.01. The molecule has 0 aliphatic carbocycles. The van der Waals surface area contributed by atoms with Crippen molar-refractivity contribution in [2.75, 3.05) is 6.54 Å². The number of halogens is 2. The van der Waals surface area contributed by atoms with Gasteiger partial charge in [-0.2, -0.15) is 0 Å². The Morgan fingerprint density at radius 3 is 2.79 bits per heavy atom. The number of carbonyl (C=O) groups excluding carboxylic acids is 1. The van der Waals surface area contributed by atoms with Crippen LogP contribution in [0.2, 0.25) is 5.02 Å². The molecule has 1 aliphatic heterocycles. The molecule has 2 amide bonds. The molecule has 3 nitrogen and oxygen atoms in total. The Balaban J connectivity index is 2.27. The third-order valence-electron chi connectivity index (χ3n) is 2.06. The molecule has 1 saturated heterocycles. The van der Waals surface area contributed by atoms with Crippen LogP contribution in [0.3, 0.4) is 0 Å². The van der Waals surface area contributed by atoms with E-state index in [-0.39, 0.29) is 12.1 Å².